The number of nitrogens with two attached hydrogens (primary N) is 1. The van der Waals surface area contributed by atoms with Gasteiger partial charge in [-0.05, 0) is 0 Å². The molecule has 0 saturated carbocycles. The molecule has 1 heterocycles. The highest BCUT2D eigenvalue weighted by Crippen LogP contribution is 1.99. The fraction of sp³-hybridized carbons (Fsp3) is 0. The smallest absolute Gasteiger partial charge is 0.295 e. The number of hydrogen-bond acceptors (Lipinski definition) is 4. The fourth-order valence-corrected chi connectivity index (χ4v) is 0.482. The molecule has 1 aliphatic rings. The molecule has 0 atom stereocenters. The molecule has 0 aromatic heterocycles. The van der Waals surface area contributed by atoms with E-state index >= 15 is 0 Å². The van der Waals surface area contributed by atoms with Crippen LogP contribution in [-0.4, -0.2) is 11.8 Å². The van der Waals surface area contributed by atoms with Crippen molar-refractivity contribution < 1.29 is 14.4 Å². The minimum atomic E-state index is -0.595. The first-order chi connectivity index (χ1) is 4.24. The number of halogens is 1. The summed E-state index contributed by atoms with van der Waals surface area (Å²) < 4.78 is 0. The topological polar surface area (TPSA) is 81.4 Å². The standard InChI is InChI=1S/C4H4N2O3.ClH/c5-9-2-1-3(7)6-4(2)8;/h1H,5H2,(H,6,7,8);1H. The third kappa shape index (κ3) is 1.46. The van der Waals surface area contributed by atoms with E-state index in [-0.39, 0.29) is 18.2 Å². The lowest BCUT2D eigenvalue weighted by atomic mass is 10.5. The van der Waals surface area contributed by atoms with E-state index in [0.29, 0.717) is 0 Å². The van der Waals surface area contributed by atoms with Crippen molar-refractivity contribution in [3.63, 3.8) is 0 Å². The van der Waals surface area contributed by atoms with Crippen LogP contribution in [0.15, 0.2) is 11.8 Å². The van der Waals surface area contributed by atoms with Crippen LogP contribution in [0.2, 0.25) is 0 Å². The molecule has 1 aliphatic heterocycles. The Morgan fingerprint density at radius 2 is 2.10 bits per heavy atom. The third-order valence-corrected chi connectivity index (χ3v) is 0.850. The first kappa shape index (κ1) is 8.93. The van der Waals surface area contributed by atoms with E-state index in [4.69, 9.17) is 0 Å². The molecule has 0 radical (unpaired) electrons. The molecule has 10 heavy (non-hydrogen) atoms. The van der Waals surface area contributed by atoms with E-state index in [1.165, 1.54) is 0 Å². The minimum Gasteiger partial charge on any atom is -0.405 e. The summed E-state index contributed by atoms with van der Waals surface area (Å²) >= 11 is 0. The van der Waals surface area contributed by atoms with Crippen LogP contribution in [-0.2, 0) is 14.4 Å². The van der Waals surface area contributed by atoms with Gasteiger partial charge in [0, 0.05) is 0 Å². The number of carbonyl (C=O) groups excluding carboxylic acids is 2. The van der Waals surface area contributed by atoms with Crippen LogP contribution >= 0.6 is 12.4 Å². The highest BCUT2D eigenvalue weighted by molar-refractivity contribution is 6.15. The average Bonchev–Trinajstić information content (AvgIpc) is 2.10. The molecule has 0 bridgehead atoms. The monoisotopic (exact) mass is 164 g/mol. The van der Waals surface area contributed by atoms with Crippen molar-refractivity contribution in [2.24, 2.45) is 5.90 Å². The molecule has 2 amide bonds. The molecule has 6 heteroatoms. The lowest BCUT2D eigenvalue weighted by Gasteiger charge is -1.91. The predicted octanol–water partition coefficient (Wildman–Crippen LogP) is -1.16. The van der Waals surface area contributed by atoms with E-state index in [2.05, 4.69) is 10.7 Å². The van der Waals surface area contributed by atoms with Crippen molar-refractivity contribution >= 4 is 24.2 Å². The van der Waals surface area contributed by atoms with E-state index in [1.807, 2.05) is 5.32 Å². The van der Waals surface area contributed by atoms with Gasteiger partial charge in [-0.25, -0.2) is 0 Å². The summed E-state index contributed by atoms with van der Waals surface area (Å²) in [5, 5.41) is 1.94. The lowest BCUT2D eigenvalue weighted by molar-refractivity contribution is -0.125. The third-order valence-electron chi connectivity index (χ3n) is 0.850. The van der Waals surface area contributed by atoms with Gasteiger partial charge in [-0.15, -0.1) is 12.4 Å². The summed E-state index contributed by atoms with van der Waals surface area (Å²) in [4.78, 5) is 24.7. The summed E-state index contributed by atoms with van der Waals surface area (Å²) in [7, 11) is 0. The normalized spacial score (nSPS) is 15.5. The van der Waals surface area contributed by atoms with Crippen molar-refractivity contribution in [1.29, 1.82) is 0 Å². The molecule has 0 aromatic carbocycles. The van der Waals surface area contributed by atoms with Crippen molar-refractivity contribution in [2.45, 2.75) is 0 Å². The first-order valence-electron chi connectivity index (χ1n) is 2.18. The van der Waals surface area contributed by atoms with Gasteiger partial charge in [0.1, 0.15) is 0 Å². The zero-order chi connectivity index (χ0) is 6.85. The Hall–Kier alpha value is -1.07. The highest BCUT2D eigenvalue weighted by atomic mass is 35.5. The molecule has 0 aliphatic carbocycles. The molecule has 3 N–H and O–H groups in total. The fourth-order valence-electron chi connectivity index (χ4n) is 0.482. The molecule has 0 fully saturated rings. The van der Waals surface area contributed by atoms with Crippen LogP contribution < -0.4 is 11.2 Å². The van der Waals surface area contributed by atoms with E-state index in [1.54, 1.807) is 0 Å². The van der Waals surface area contributed by atoms with Crippen LogP contribution in [0.5, 0.6) is 0 Å². The summed E-state index contributed by atoms with van der Waals surface area (Å²) in [5.74, 6) is 3.36. The molecule has 0 spiro atoms. The summed E-state index contributed by atoms with van der Waals surface area (Å²) in [6, 6.07) is 0. The van der Waals surface area contributed by atoms with Crippen molar-refractivity contribution in [3.05, 3.63) is 11.8 Å². The number of imide groups is 1. The van der Waals surface area contributed by atoms with Crippen LogP contribution in [0, 0.1) is 0 Å². The van der Waals surface area contributed by atoms with Gasteiger partial charge >= 0.3 is 0 Å². The van der Waals surface area contributed by atoms with Gasteiger partial charge in [-0.1, -0.05) is 0 Å². The molecule has 1 rings (SSSR count). The number of carbonyl (C=O) groups is 2. The Kier molecular flexibility index (Phi) is 2.85. The van der Waals surface area contributed by atoms with Gasteiger partial charge in [0.2, 0.25) is 5.76 Å². The van der Waals surface area contributed by atoms with Crippen LogP contribution in [0.25, 0.3) is 0 Å². The van der Waals surface area contributed by atoms with Crippen molar-refractivity contribution in [1.82, 2.24) is 5.32 Å². The van der Waals surface area contributed by atoms with Crippen molar-refractivity contribution in [2.75, 3.05) is 0 Å². The first-order valence-corrected chi connectivity index (χ1v) is 2.18. The summed E-state index contributed by atoms with van der Waals surface area (Å²) in [6.45, 7) is 0. The zero-order valence-electron chi connectivity index (χ0n) is 4.79. The maximum Gasteiger partial charge on any atom is 0.295 e. The average molecular weight is 165 g/mol. The maximum atomic E-state index is 10.4. The van der Waals surface area contributed by atoms with Crippen LogP contribution in [0.4, 0.5) is 0 Å². The Morgan fingerprint density at radius 3 is 2.30 bits per heavy atom. The number of nitrogens with one attached hydrogen (secondary N) is 1. The minimum absolute atomic E-state index is 0. The quantitative estimate of drug-likeness (QED) is 0.378. The van der Waals surface area contributed by atoms with Gasteiger partial charge in [0.05, 0.1) is 6.08 Å². The number of hydrogen-bond donors (Lipinski definition) is 2. The number of amides is 2. The van der Waals surface area contributed by atoms with Crippen LogP contribution in [0.1, 0.15) is 0 Å². The molecule has 0 unspecified atom stereocenters. The van der Waals surface area contributed by atoms with E-state index in [9.17, 15) is 9.59 Å². The maximum absolute atomic E-state index is 10.4. The molecular formula is C4H5ClN2O3. The number of rotatable bonds is 1. The molecule has 5 nitrogen and oxygen atoms in total. The van der Waals surface area contributed by atoms with Gasteiger partial charge in [0.15, 0.2) is 0 Å². The Balaban J connectivity index is 0.000000810. The SMILES string of the molecule is Cl.NOC1=CC(=O)NC1=O. The van der Waals surface area contributed by atoms with Crippen LogP contribution in [0.3, 0.4) is 0 Å². The van der Waals surface area contributed by atoms with Gasteiger partial charge in [-0.3, -0.25) is 14.9 Å². The summed E-state index contributed by atoms with van der Waals surface area (Å²) in [6.07, 6.45) is 0.988. The molecule has 0 saturated heterocycles. The molecule has 56 valence electrons. The van der Waals surface area contributed by atoms with Gasteiger partial charge < -0.3 is 4.84 Å². The second-order valence-corrected chi connectivity index (χ2v) is 1.44. The second kappa shape index (κ2) is 3.19. The summed E-state index contributed by atoms with van der Waals surface area (Å²) in [5.41, 5.74) is 0. The lowest BCUT2D eigenvalue weighted by Crippen LogP contribution is -2.23. The Morgan fingerprint density at radius 1 is 1.50 bits per heavy atom. The largest absolute Gasteiger partial charge is 0.405 e. The molecular weight excluding hydrogens is 160 g/mol. The Labute approximate surface area is 62.6 Å². The van der Waals surface area contributed by atoms with Gasteiger partial charge in [-0.2, -0.15) is 5.90 Å². The Bertz CT molecular complexity index is 201. The van der Waals surface area contributed by atoms with Crippen molar-refractivity contribution in [3.8, 4) is 0 Å². The van der Waals surface area contributed by atoms with E-state index < -0.39 is 11.8 Å². The highest BCUT2D eigenvalue weighted by Gasteiger charge is 2.21. The zero-order valence-corrected chi connectivity index (χ0v) is 5.60. The second-order valence-electron chi connectivity index (χ2n) is 1.44. The molecule has 0 aromatic rings. The predicted molar refractivity (Wildman–Crippen MR) is 33.8 cm³/mol. The van der Waals surface area contributed by atoms with E-state index in [0.717, 1.165) is 6.08 Å². The van der Waals surface area contributed by atoms with Gasteiger partial charge in [0.25, 0.3) is 11.8 Å².